The van der Waals surface area contributed by atoms with Crippen LogP contribution in [0.5, 0.6) is 0 Å². The van der Waals surface area contributed by atoms with Crippen LogP contribution in [0.3, 0.4) is 0 Å². The highest BCUT2D eigenvalue weighted by Crippen LogP contribution is 2.18. The van der Waals surface area contributed by atoms with Crippen molar-refractivity contribution in [2.24, 2.45) is 11.8 Å². The van der Waals surface area contributed by atoms with Crippen molar-refractivity contribution in [3.8, 4) is 0 Å². The predicted octanol–water partition coefficient (Wildman–Crippen LogP) is 2.70. The zero-order chi connectivity index (χ0) is 12.8. The molecule has 0 heterocycles. The second-order valence-electron chi connectivity index (χ2n) is 4.06. The van der Waals surface area contributed by atoms with E-state index in [1.807, 2.05) is 18.2 Å². The summed E-state index contributed by atoms with van der Waals surface area (Å²) in [4.78, 5) is 23.6. The van der Waals surface area contributed by atoms with Crippen molar-refractivity contribution in [3.63, 3.8) is 0 Å². The average molecular weight is 234 g/mol. The second kappa shape index (κ2) is 6.18. The smallest absolute Gasteiger partial charge is 0.309 e. The Morgan fingerprint density at radius 1 is 1.12 bits per heavy atom. The standard InChI is InChI=1S/C14H18O3/c1-4-17-14(16)11(3)10(2)13(15)12-8-6-5-7-9-12/h5-11H,4H2,1-3H3. The van der Waals surface area contributed by atoms with Gasteiger partial charge < -0.3 is 4.74 Å². The van der Waals surface area contributed by atoms with Gasteiger partial charge in [0.15, 0.2) is 5.78 Å². The first-order valence-corrected chi connectivity index (χ1v) is 5.83. The Kier molecular flexibility index (Phi) is 4.88. The summed E-state index contributed by atoms with van der Waals surface area (Å²) in [7, 11) is 0. The molecular formula is C14H18O3. The lowest BCUT2D eigenvalue weighted by molar-refractivity contribution is -0.148. The Morgan fingerprint density at radius 3 is 2.24 bits per heavy atom. The van der Waals surface area contributed by atoms with E-state index in [1.165, 1.54) is 0 Å². The predicted molar refractivity (Wildman–Crippen MR) is 65.7 cm³/mol. The maximum Gasteiger partial charge on any atom is 0.309 e. The molecule has 0 aliphatic heterocycles. The fourth-order valence-corrected chi connectivity index (χ4v) is 1.57. The summed E-state index contributed by atoms with van der Waals surface area (Å²) < 4.78 is 4.92. The Hall–Kier alpha value is -1.64. The minimum Gasteiger partial charge on any atom is -0.466 e. The number of hydrogen-bond acceptors (Lipinski definition) is 3. The summed E-state index contributed by atoms with van der Waals surface area (Å²) in [6.07, 6.45) is 0. The molecule has 0 spiro atoms. The van der Waals surface area contributed by atoms with E-state index in [1.54, 1.807) is 32.9 Å². The number of esters is 1. The van der Waals surface area contributed by atoms with Crippen LogP contribution in [0.15, 0.2) is 30.3 Å². The molecule has 1 aromatic carbocycles. The third-order valence-corrected chi connectivity index (χ3v) is 2.88. The van der Waals surface area contributed by atoms with Gasteiger partial charge in [0.25, 0.3) is 0 Å². The van der Waals surface area contributed by atoms with Gasteiger partial charge in [-0.2, -0.15) is 0 Å². The average Bonchev–Trinajstić information content (AvgIpc) is 2.37. The summed E-state index contributed by atoms with van der Waals surface area (Å²) in [5, 5.41) is 0. The lowest BCUT2D eigenvalue weighted by Crippen LogP contribution is -2.27. The summed E-state index contributed by atoms with van der Waals surface area (Å²) in [6.45, 7) is 5.59. The summed E-state index contributed by atoms with van der Waals surface area (Å²) in [5.74, 6) is -1.12. The molecule has 0 saturated heterocycles. The van der Waals surface area contributed by atoms with Crippen molar-refractivity contribution in [3.05, 3.63) is 35.9 Å². The van der Waals surface area contributed by atoms with Crippen LogP contribution >= 0.6 is 0 Å². The molecule has 0 N–H and O–H groups in total. The van der Waals surface area contributed by atoms with E-state index in [-0.39, 0.29) is 17.7 Å². The summed E-state index contributed by atoms with van der Waals surface area (Å²) in [6, 6.07) is 9.01. The minimum absolute atomic E-state index is 0.0221. The fraction of sp³-hybridized carbons (Fsp3) is 0.429. The number of ether oxygens (including phenoxy) is 1. The van der Waals surface area contributed by atoms with Gasteiger partial charge in [-0.05, 0) is 6.92 Å². The van der Waals surface area contributed by atoms with Gasteiger partial charge in [-0.1, -0.05) is 44.2 Å². The Morgan fingerprint density at radius 2 is 1.71 bits per heavy atom. The highest BCUT2D eigenvalue weighted by molar-refractivity contribution is 5.99. The van der Waals surface area contributed by atoms with Crippen LogP contribution < -0.4 is 0 Å². The Balaban J connectivity index is 2.73. The van der Waals surface area contributed by atoms with E-state index >= 15 is 0 Å². The van der Waals surface area contributed by atoms with Crippen LogP contribution in [0, 0.1) is 11.8 Å². The van der Waals surface area contributed by atoms with Crippen molar-refractivity contribution in [1.29, 1.82) is 0 Å². The van der Waals surface area contributed by atoms with E-state index < -0.39 is 5.92 Å². The lowest BCUT2D eigenvalue weighted by Gasteiger charge is -2.17. The molecular weight excluding hydrogens is 216 g/mol. The quantitative estimate of drug-likeness (QED) is 0.581. The van der Waals surface area contributed by atoms with Crippen LogP contribution in [-0.2, 0) is 9.53 Å². The highest BCUT2D eigenvalue weighted by Gasteiger charge is 2.27. The normalized spacial score (nSPS) is 13.8. The summed E-state index contributed by atoms with van der Waals surface area (Å²) in [5.41, 5.74) is 0.635. The number of carbonyl (C=O) groups is 2. The highest BCUT2D eigenvalue weighted by atomic mass is 16.5. The Bertz CT molecular complexity index is 384. The minimum atomic E-state index is -0.414. The van der Waals surface area contributed by atoms with Crippen LogP contribution in [0.2, 0.25) is 0 Å². The first-order valence-electron chi connectivity index (χ1n) is 5.83. The number of rotatable bonds is 5. The van der Waals surface area contributed by atoms with E-state index in [9.17, 15) is 9.59 Å². The zero-order valence-corrected chi connectivity index (χ0v) is 10.5. The molecule has 0 amide bonds. The van der Waals surface area contributed by atoms with Gasteiger partial charge in [0.2, 0.25) is 0 Å². The number of benzene rings is 1. The maximum atomic E-state index is 12.1. The topological polar surface area (TPSA) is 43.4 Å². The SMILES string of the molecule is CCOC(=O)C(C)C(C)C(=O)c1ccccc1. The fourth-order valence-electron chi connectivity index (χ4n) is 1.57. The molecule has 0 bridgehead atoms. The number of hydrogen-bond donors (Lipinski definition) is 0. The van der Waals surface area contributed by atoms with E-state index in [4.69, 9.17) is 4.74 Å². The van der Waals surface area contributed by atoms with Gasteiger partial charge in [-0.25, -0.2) is 0 Å². The van der Waals surface area contributed by atoms with Gasteiger partial charge in [0.05, 0.1) is 12.5 Å². The van der Waals surface area contributed by atoms with Crippen LogP contribution in [0.4, 0.5) is 0 Å². The molecule has 1 aromatic rings. The van der Waals surface area contributed by atoms with Gasteiger partial charge in [-0.15, -0.1) is 0 Å². The third kappa shape index (κ3) is 3.41. The van der Waals surface area contributed by atoms with E-state index in [0.29, 0.717) is 12.2 Å². The van der Waals surface area contributed by atoms with E-state index in [0.717, 1.165) is 0 Å². The second-order valence-corrected chi connectivity index (χ2v) is 4.06. The van der Waals surface area contributed by atoms with Crippen molar-refractivity contribution in [1.82, 2.24) is 0 Å². The van der Waals surface area contributed by atoms with Gasteiger partial charge in [-0.3, -0.25) is 9.59 Å². The molecule has 1 rings (SSSR count). The molecule has 3 heteroatoms. The summed E-state index contributed by atoms with van der Waals surface area (Å²) >= 11 is 0. The van der Waals surface area contributed by atoms with Gasteiger partial charge in [0, 0.05) is 11.5 Å². The van der Waals surface area contributed by atoms with Crippen LogP contribution in [-0.4, -0.2) is 18.4 Å². The third-order valence-electron chi connectivity index (χ3n) is 2.88. The first kappa shape index (κ1) is 13.4. The molecule has 0 aliphatic carbocycles. The molecule has 0 aromatic heterocycles. The molecule has 2 unspecified atom stereocenters. The van der Waals surface area contributed by atoms with E-state index in [2.05, 4.69) is 0 Å². The molecule has 0 fully saturated rings. The van der Waals surface area contributed by atoms with Gasteiger partial charge in [0.1, 0.15) is 0 Å². The number of Topliss-reactive ketones (excluding diaryl/α,β-unsaturated/α-hetero) is 1. The molecule has 2 atom stereocenters. The molecule has 3 nitrogen and oxygen atoms in total. The molecule has 0 radical (unpaired) electrons. The first-order chi connectivity index (χ1) is 8.07. The van der Waals surface area contributed by atoms with Crippen molar-refractivity contribution < 1.29 is 14.3 Å². The monoisotopic (exact) mass is 234 g/mol. The number of carbonyl (C=O) groups excluding carboxylic acids is 2. The molecule has 0 saturated carbocycles. The maximum absolute atomic E-state index is 12.1. The van der Waals surface area contributed by atoms with Gasteiger partial charge >= 0.3 is 5.97 Å². The largest absolute Gasteiger partial charge is 0.466 e. The number of ketones is 1. The zero-order valence-electron chi connectivity index (χ0n) is 10.5. The lowest BCUT2D eigenvalue weighted by atomic mass is 9.88. The van der Waals surface area contributed by atoms with Crippen molar-refractivity contribution in [2.75, 3.05) is 6.61 Å². The van der Waals surface area contributed by atoms with Crippen LogP contribution in [0.1, 0.15) is 31.1 Å². The Labute approximate surface area is 102 Å². The molecule has 0 aliphatic rings. The van der Waals surface area contributed by atoms with Crippen molar-refractivity contribution in [2.45, 2.75) is 20.8 Å². The molecule has 92 valence electrons. The molecule has 17 heavy (non-hydrogen) atoms. The van der Waals surface area contributed by atoms with Crippen molar-refractivity contribution >= 4 is 11.8 Å². The van der Waals surface area contributed by atoms with Crippen LogP contribution in [0.25, 0.3) is 0 Å².